The van der Waals surface area contributed by atoms with Gasteiger partial charge in [-0.2, -0.15) is 11.8 Å². The maximum atomic E-state index is 12.9. The van der Waals surface area contributed by atoms with Gasteiger partial charge in [0.15, 0.2) is 0 Å². The average molecular weight is 491 g/mol. The molecule has 0 aromatic heterocycles. The predicted octanol–water partition coefficient (Wildman–Crippen LogP) is -1.73. The lowest BCUT2D eigenvalue weighted by Crippen LogP contribution is -2.58. The molecule has 33 heavy (non-hydrogen) atoms. The number of unbranched alkanes of at least 4 members (excludes halogenated alkanes) is 1. The molecule has 4 atom stereocenters. The van der Waals surface area contributed by atoms with Crippen molar-refractivity contribution in [1.82, 2.24) is 16.0 Å². The van der Waals surface area contributed by atoms with Crippen molar-refractivity contribution >= 4 is 41.4 Å². The highest BCUT2D eigenvalue weighted by molar-refractivity contribution is 7.98. The molecule has 13 heteroatoms. The lowest BCUT2D eigenvalue weighted by Gasteiger charge is -2.27. The Balaban J connectivity index is 5.31. The van der Waals surface area contributed by atoms with Gasteiger partial charge in [-0.25, -0.2) is 4.79 Å². The minimum absolute atomic E-state index is 0.306. The standard InChI is InChI=1S/C20H38N6O6S/c1-11(2)16(19(30)25-14(20(31)32)10-15(23)27)26-18(29)13(7-9-33-3)24-17(28)12(22)6-4-5-8-21/h11-14,16H,4-10,21-22H2,1-3H3,(H2,23,27)(H,24,28)(H,25,30)(H,26,29)(H,31,32). The Morgan fingerprint density at radius 2 is 1.52 bits per heavy atom. The van der Waals surface area contributed by atoms with Crippen LogP contribution in [0.25, 0.3) is 0 Å². The molecule has 0 saturated heterocycles. The van der Waals surface area contributed by atoms with Crippen molar-refractivity contribution in [3.05, 3.63) is 0 Å². The quantitative estimate of drug-likeness (QED) is 0.115. The van der Waals surface area contributed by atoms with Crippen LogP contribution in [0.3, 0.4) is 0 Å². The average Bonchev–Trinajstić information content (AvgIpc) is 2.73. The number of thioether (sulfide) groups is 1. The van der Waals surface area contributed by atoms with Crippen LogP contribution < -0.4 is 33.2 Å². The van der Waals surface area contributed by atoms with Crippen molar-refractivity contribution in [1.29, 1.82) is 0 Å². The number of hydrogen-bond donors (Lipinski definition) is 7. The fourth-order valence-corrected chi connectivity index (χ4v) is 3.35. The number of carboxylic acids is 1. The number of hydrogen-bond acceptors (Lipinski definition) is 8. The van der Waals surface area contributed by atoms with Crippen molar-refractivity contribution in [2.24, 2.45) is 23.1 Å². The minimum atomic E-state index is -1.52. The van der Waals surface area contributed by atoms with Crippen molar-refractivity contribution < 1.29 is 29.1 Å². The summed E-state index contributed by atoms with van der Waals surface area (Å²) in [5.74, 6) is -4.01. The van der Waals surface area contributed by atoms with Crippen molar-refractivity contribution in [3.63, 3.8) is 0 Å². The first-order chi connectivity index (χ1) is 15.4. The number of primary amides is 1. The van der Waals surface area contributed by atoms with E-state index in [4.69, 9.17) is 17.2 Å². The molecule has 10 N–H and O–H groups in total. The number of carbonyl (C=O) groups is 5. The van der Waals surface area contributed by atoms with Gasteiger partial charge in [-0.15, -0.1) is 0 Å². The summed E-state index contributed by atoms with van der Waals surface area (Å²) in [6, 6.07) is -4.35. The Hall–Kier alpha value is -2.38. The molecule has 4 unspecified atom stereocenters. The molecule has 4 amide bonds. The molecular weight excluding hydrogens is 452 g/mol. The number of nitrogens with two attached hydrogens (primary N) is 3. The number of nitrogens with one attached hydrogen (secondary N) is 3. The van der Waals surface area contributed by atoms with Crippen LogP contribution in [-0.2, 0) is 24.0 Å². The molecule has 0 bridgehead atoms. The molecular formula is C20H38N6O6S. The molecule has 0 fully saturated rings. The van der Waals surface area contributed by atoms with Gasteiger partial charge in [-0.05, 0) is 43.7 Å². The van der Waals surface area contributed by atoms with E-state index < -0.39 is 66.1 Å². The van der Waals surface area contributed by atoms with Gasteiger partial charge in [0.25, 0.3) is 0 Å². The zero-order chi connectivity index (χ0) is 25.6. The molecule has 0 spiro atoms. The normalized spacial score (nSPS) is 14.6. The molecule has 0 radical (unpaired) electrons. The summed E-state index contributed by atoms with van der Waals surface area (Å²) in [5, 5.41) is 16.7. The van der Waals surface area contributed by atoms with Gasteiger partial charge in [0.2, 0.25) is 23.6 Å². The summed E-state index contributed by atoms with van der Waals surface area (Å²) in [7, 11) is 0. The van der Waals surface area contributed by atoms with Crippen LogP contribution in [0.1, 0.15) is 46.0 Å². The third-order valence-corrected chi connectivity index (χ3v) is 5.46. The van der Waals surface area contributed by atoms with Gasteiger partial charge in [0.05, 0.1) is 12.5 Å². The summed E-state index contributed by atoms with van der Waals surface area (Å²) in [4.78, 5) is 60.4. The Morgan fingerprint density at radius 1 is 0.909 bits per heavy atom. The summed E-state index contributed by atoms with van der Waals surface area (Å²) >= 11 is 1.48. The molecule has 0 aliphatic carbocycles. The van der Waals surface area contributed by atoms with E-state index in [-0.39, 0.29) is 0 Å². The summed E-state index contributed by atoms with van der Waals surface area (Å²) in [6.07, 6.45) is 3.40. The van der Waals surface area contributed by atoms with Gasteiger partial charge < -0.3 is 38.3 Å². The number of carbonyl (C=O) groups excluding carboxylic acids is 4. The third-order valence-electron chi connectivity index (χ3n) is 4.82. The fourth-order valence-electron chi connectivity index (χ4n) is 2.87. The van der Waals surface area contributed by atoms with Gasteiger partial charge in [-0.1, -0.05) is 20.3 Å². The Bertz CT molecular complexity index is 677. The van der Waals surface area contributed by atoms with Gasteiger partial charge >= 0.3 is 5.97 Å². The second-order valence-electron chi connectivity index (χ2n) is 8.03. The smallest absolute Gasteiger partial charge is 0.326 e. The van der Waals surface area contributed by atoms with E-state index in [1.165, 1.54) is 11.8 Å². The van der Waals surface area contributed by atoms with Crippen LogP contribution in [0.15, 0.2) is 0 Å². The fraction of sp³-hybridized carbons (Fsp3) is 0.750. The molecule has 0 aromatic carbocycles. The minimum Gasteiger partial charge on any atom is -0.480 e. The highest BCUT2D eigenvalue weighted by atomic mass is 32.2. The lowest BCUT2D eigenvalue weighted by molar-refractivity contribution is -0.144. The maximum absolute atomic E-state index is 12.9. The Morgan fingerprint density at radius 3 is 2.00 bits per heavy atom. The van der Waals surface area contributed by atoms with Crippen molar-refractivity contribution in [2.45, 2.75) is 70.1 Å². The van der Waals surface area contributed by atoms with Crippen LogP contribution in [0.2, 0.25) is 0 Å². The van der Waals surface area contributed by atoms with Crippen LogP contribution >= 0.6 is 11.8 Å². The molecule has 0 aliphatic heterocycles. The van der Waals surface area contributed by atoms with Crippen LogP contribution in [0.5, 0.6) is 0 Å². The maximum Gasteiger partial charge on any atom is 0.326 e. The Labute approximate surface area is 198 Å². The lowest BCUT2D eigenvalue weighted by atomic mass is 10.0. The summed E-state index contributed by atoms with van der Waals surface area (Å²) in [5.41, 5.74) is 16.4. The van der Waals surface area contributed by atoms with E-state index >= 15 is 0 Å². The van der Waals surface area contributed by atoms with E-state index in [9.17, 15) is 29.1 Å². The number of aliphatic carboxylic acids is 1. The van der Waals surface area contributed by atoms with Crippen LogP contribution in [0.4, 0.5) is 0 Å². The highest BCUT2D eigenvalue weighted by Gasteiger charge is 2.32. The second-order valence-corrected chi connectivity index (χ2v) is 9.02. The van der Waals surface area contributed by atoms with Gasteiger partial charge in [0, 0.05) is 0 Å². The van der Waals surface area contributed by atoms with E-state index in [2.05, 4.69) is 16.0 Å². The zero-order valence-electron chi connectivity index (χ0n) is 19.5. The molecule has 190 valence electrons. The van der Waals surface area contributed by atoms with Crippen LogP contribution in [0, 0.1) is 5.92 Å². The molecule has 0 aliphatic rings. The first-order valence-corrected chi connectivity index (χ1v) is 12.2. The molecule has 0 rings (SSSR count). The SMILES string of the molecule is CSCCC(NC(=O)C(N)CCCCN)C(=O)NC(C(=O)NC(CC(N)=O)C(=O)O)C(C)C. The number of amides is 4. The zero-order valence-corrected chi connectivity index (χ0v) is 20.3. The molecule has 0 saturated carbocycles. The molecule has 12 nitrogen and oxygen atoms in total. The molecule has 0 heterocycles. The first-order valence-electron chi connectivity index (χ1n) is 10.8. The number of rotatable bonds is 17. The largest absolute Gasteiger partial charge is 0.480 e. The third kappa shape index (κ3) is 12.4. The van der Waals surface area contributed by atoms with Gasteiger partial charge in [-0.3, -0.25) is 19.2 Å². The van der Waals surface area contributed by atoms with E-state index in [1.807, 2.05) is 6.26 Å². The summed E-state index contributed by atoms with van der Waals surface area (Å²) < 4.78 is 0. The monoisotopic (exact) mass is 490 g/mol. The number of carboxylic acid groups (broad SMARTS) is 1. The van der Waals surface area contributed by atoms with E-state index in [0.29, 0.717) is 31.6 Å². The van der Waals surface area contributed by atoms with Crippen molar-refractivity contribution in [3.8, 4) is 0 Å². The molecule has 0 aromatic rings. The summed E-state index contributed by atoms with van der Waals surface area (Å²) in [6.45, 7) is 3.82. The topological polar surface area (TPSA) is 220 Å². The highest BCUT2D eigenvalue weighted by Crippen LogP contribution is 2.08. The van der Waals surface area contributed by atoms with E-state index in [0.717, 1.165) is 6.42 Å². The Kier molecular flexibility index (Phi) is 15.1. The second kappa shape index (κ2) is 16.3. The van der Waals surface area contributed by atoms with E-state index in [1.54, 1.807) is 13.8 Å². The van der Waals surface area contributed by atoms with Gasteiger partial charge in [0.1, 0.15) is 18.1 Å². The van der Waals surface area contributed by atoms with Crippen LogP contribution in [-0.4, -0.2) is 77.4 Å². The van der Waals surface area contributed by atoms with Crippen molar-refractivity contribution in [2.75, 3.05) is 18.6 Å². The first kappa shape index (κ1) is 30.6. The predicted molar refractivity (Wildman–Crippen MR) is 126 cm³/mol.